The third kappa shape index (κ3) is 1.79. The summed E-state index contributed by atoms with van der Waals surface area (Å²) in [4.78, 5) is 0. The first-order chi connectivity index (χ1) is 6.33. The van der Waals surface area contributed by atoms with E-state index in [4.69, 9.17) is 15.1 Å². The van der Waals surface area contributed by atoms with Crippen molar-refractivity contribution in [3.63, 3.8) is 0 Å². The number of allylic oxidation sites excluding steroid dienone is 1. The van der Waals surface area contributed by atoms with Crippen LogP contribution in [0.3, 0.4) is 0 Å². The predicted octanol–water partition coefficient (Wildman–Crippen LogP) is 2.12. The minimum absolute atomic E-state index is 0.192. The Morgan fingerprint density at radius 3 is 2.77 bits per heavy atom. The average Bonchev–Trinajstić information content (AvgIpc) is 2.20. The molecule has 1 N–H and O–H groups in total. The Bertz CT molecular complexity index is 363. The lowest BCUT2D eigenvalue weighted by molar-refractivity contribution is 0.413. The van der Waals surface area contributed by atoms with Gasteiger partial charge < -0.3 is 9.84 Å². The number of hydrogen-bond acceptors (Lipinski definition) is 3. The molecule has 0 atom stereocenters. The van der Waals surface area contributed by atoms with Gasteiger partial charge in [-0.3, -0.25) is 0 Å². The van der Waals surface area contributed by atoms with E-state index in [1.165, 1.54) is 7.11 Å². The molecular weight excluding hydrogens is 166 g/mol. The topological polar surface area (TPSA) is 53.2 Å². The standard InChI is InChI=1S/C10H9NO2/c1-13-10-5-3-2-4-9(10)8(6-11)7-12/h2-5,7,12H,1H3/b8-7+. The second kappa shape index (κ2) is 4.17. The van der Waals surface area contributed by atoms with E-state index >= 15 is 0 Å². The SMILES string of the molecule is COc1ccccc1/C(C#N)=C/O. The highest BCUT2D eigenvalue weighted by atomic mass is 16.5. The first-order valence-corrected chi connectivity index (χ1v) is 3.71. The summed E-state index contributed by atoms with van der Waals surface area (Å²) in [5.74, 6) is 0.573. The number of nitrogens with zero attached hydrogens (tertiary/aromatic N) is 1. The zero-order valence-corrected chi connectivity index (χ0v) is 7.19. The number of hydrogen-bond donors (Lipinski definition) is 1. The highest BCUT2D eigenvalue weighted by molar-refractivity contribution is 5.79. The first kappa shape index (κ1) is 9.14. The second-order valence-electron chi connectivity index (χ2n) is 2.35. The van der Waals surface area contributed by atoms with Crippen LogP contribution in [0.2, 0.25) is 0 Å². The Balaban J connectivity index is 3.22. The molecule has 3 nitrogen and oxygen atoms in total. The molecule has 3 heteroatoms. The van der Waals surface area contributed by atoms with Gasteiger partial charge in [0.05, 0.1) is 18.9 Å². The van der Waals surface area contributed by atoms with Gasteiger partial charge in [0.25, 0.3) is 0 Å². The molecule has 0 fully saturated rings. The van der Waals surface area contributed by atoms with Crippen molar-refractivity contribution in [3.05, 3.63) is 36.1 Å². The fourth-order valence-electron chi connectivity index (χ4n) is 1.03. The summed E-state index contributed by atoms with van der Waals surface area (Å²) in [6.45, 7) is 0. The smallest absolute Gasteiger partial charge is 0.127 e. The van der Waals surface area contributed by atoms with Gasteiger partial charge in [-0.25, -0.2) is 0 Å². The van der Waals surface area contributed by atoms with Gasteiger partial charge in [-0.05, 0) is 12.1 Å². The van der Waals surface area contributed by atoms with Crippen LogP contribution < -0.4 is 4.74 Å². The Hall–Kier alpha value is -1.95. The maximum absolute atomic E-state index is 8.76. The minimum Gasteiger partial charge on any atom is -0.514 e. The van der Waals surface area contributed by atoms with E-state index in [0.29, 0.717) is 11.3 Å². The minimum atomic E-state index is 0.192. The first-order valence-electron chi connectivity index (χ1n) is 3.71. The monoisotopic (exact) mass is 175 g/mol. The summed E-state index contributed by atoms with van der Waals surface area (Å²) in [5, 5.41) is 17.4. The third-order valence-corrected chi connectivity index (χ3v) is 1.65. The highest BCUT2D eigenvalue weighted by Crippen LogP contribution is 2.24. The largest absolute Gasteiger partial charge is 0.514 e. The highest BCUT2D eigenvalue weighted by Gasteiger charge is 2.06. The lowest BCUT2D eigenvalue weighted by Crippen LogP contribution is -1.89. The Kier molecular flexibility index (Phi) is 2.93. The van der Waals surface area contributed by atoms with Crippen molar-refractivity contribution in [1.82, 2.24) is 0 Å². The van der Waals surface area contributed by atoms with Gasteiger partial charge in [0, 0.05) is 5.56 Å². The van der Waals surface area contributed by atoms with Gasteiger partial charge in [-0.2, -0.15) is 5.26 Å². The van der Waals surface area contributed by atoms with Gasteiger partial charge in [0.15, 0.2) is 0 Å². The summed E-state index contributed by atoms with van der Waals surface area (Å²) < 4.78 is 5.03. The van der Waals surface area contributed by atoms with Gasteiger partial charge in [0.1, 0.15) is 11.8 Å². The summed E-state index contributed by atoms with van der Waals surface area (Å²) >= 11 is 0. The Morgan fingerprint density at radius 1 is 1.54 bits per heavy atom. The third-order valence-electron chi connectivity index (χ3n) is 1.65. The number of aliphatic hydroxyl groups is 1. The Morgan fingerprint density at radius 2 is 2.23 bits per heavy atom. The molecule has 0 radical (unpaired) electrons. The number of aliphatic hydroxyl groups excluding tert-OH is 1. The number of benzene rings is 1. The van der Waals surface area contributed by atoms with Crippen LogP contribution in [0, 0.1) is 11.3 Å². The summed E-state index contributed by atoms with van der Waals surface area (Å²) in [6, 6.07) is 8.90. The van der Waals surface area contributed by atoms with E-state index < -0.39 is 0 Å². The van der Waals surface area contributed by atoms with Crippen molar-refractivity contribution in [3.8, 4) is 11.8 Å². The van der Waals surface area contributed by atoms with Crippen molar-refractivity contribution < 1.29 is 9.84 Å². The normalized spacial score (nSPS) is 10.6. The number of ether oxygens (including phenoxy) is 1. The van der Waals surface area contributed by atoms with Crippen LogP contribution in [0.15, 0.2) is 30.5 Å². The molecule has 0 aliphatic rings. The van der Waals surface area contributed by atoms with Crippen LogP contribution in [0.4, 0.5) is 0 Å². The number of rotatable bonds is 2. The van der Waals surface area contributed by atoms with E-state index in [-0.39, 0.29) is 5.57 Å². The molecule has 0 saturated heterocycles. The van der Waals surface area contributed by atoms with Gasteiger partial charge in [0.2, 0.25) is 0 Å². The van der Waals surface area contributed by atoms with Crippen LogP contribution in [-0.4, -0.2) is 12.2 Å². The van der Waals surface area contributed by atoms with E-state index in [2.05, 4.69) is 0 Å². The van der Waals surface area contributed by atoms with Gasteiger partial charge >= 0.3 is 0 Å². The van der Waals surface area contributed by atoms with Crippen LogP contribution in [-0.2, 0) is 0 Å². The van der Waals surface area contributed by atoms with Crippen LogP contribution in [0.1, 0.15) is 5.56 Å². The van der Waals surface area contributed by atoms with Crippen molar-refractivity contribution >= 4 is 5.57 Å². The fraction of sp³-hybridized carbons (Fsp3) is 0.100. The van der Waals surface area contributed by atoms with Crippen LogP contribution in [0.25, 0.3) is 5.57 Å². The maximum atomic E-state index is 8.76. The number of para-hydroxylation sites is 1. The van der Waals surface area contributed by atoms with Crippen molar-refractivity contribution in [2.75, 3.05) is 7.11 Å². The molecule has 0 aliphatic carbocycles. The van der Waals surface area contributed by atoms with E-state index in [1.54, 1.807) is 24.3 Å². The fourth-order valence-corrected chi connectivity index (χ4v) is 1.03. The molecule has 1 aromatic carbocycles. The molecule has 0 heterocycles. The molecule has 0 aliphatic heterocycles. The van der Waals surface area contributed by atoms with Crippen molar-refractivity contribution in [2.24, 2.45) is 0 Å². The molecule has 13 heavy (non-hydrogen) atoms. The van der Waals surface area contributed by atoms with Crippen molar-refractivity contribution in [1.29, 1.82) is 5.26 Å². The maximum Gasteiger partial charge on any atom is 0.127 e. The van der Waals surface area contributed by atoms with Crippen LogP contribution in [0.5, 0.6) is 5.75 Å². The van der Waals surface area contributed by atoms with Crippen molar-refractivity contribution in [2.45, 2.75) is 0 Å². The quantitative estimate of drug-likeness (QED) is 0.553. The lowest BCUT2D eigenvalue weighted by atomic mass is 10.1. The number of nitriles is 1. The molecule has 66 valence electrons. The number of methoxy groups -OCH3 is 1. The predicted molar refractivity (Wildman–Crippen MR) is 49.2 cm³/mol. The summed E-state index contributed by atoms with van der Waals surface area (Å²) in [5.41, 5.74) is 0.785. The summed E-state index contributed by atoms with van der Waals surface area (Å²) in [6.07, 6.45) is 0.776. The molecule has 0 unspecified atom stereocenters. The molecule has 0 spiro atoms. The van der Waals surface area contributed by atoms with Gasteiger partial charge in [-0.1, -0.05) is 12.1 Å². The van der Waals surface area contributed by atoms with E-state index in [9.17, 15) is 0 Å². The Labute approximate surface area is 76.5 Å². The molecule has 1 aromatic rings. The average molecular weight is 175 g/mol. The molecule has 0 saturated carbocycles. The lowest BCUT2D eigenvalue weighted by Gasteiger charge is -2.04. The molecule has 0 bridgehead atoms. The molecular formula is C10H9NO2. The van der Waals surface area contributed by atoms with Gasteiger partial charge in [-0.15, -0.1) is 0 Å². The van der Waals surface area contributed by atoms with E-state index in [1.807, 2.05) is 6.07 Å². The molecule has 0 aromatic heterocycles. The second-order valence-corrected chi connectivity index (χ2v) is 2.35. The van der Waals surface area contributed by atoms with E-state index in [0.717, 1.165) is 6.26 Å². The van der Waals surface area contributed by atoms with Crippen LogP contribution >= 0.6 is 0 Å². The molecule has 1 rings (SSSR count). The zero-order valence-electron chi connectivity index (χ0n) is 7.19. The molecule has 0 amide bonds. The summed E-state index contributed by atoms with van der Waals surface area (Å²) in [7, 11) is 1.52. The zero-order chi connectivity index (χ0) is 9.68.